The zero-order chi connectivity index (χ0) is 24.7. The van der Waals surface area contributed by atoms with E-state index in [1.54, 1.807) is 32.9 Å². The predicted molar refractivity (Wildman–Crippen MR) is 129 cm³/mol. The molecule has 182 valence electrons. The number of nitrogens with two attached hydrogens (primary N) is 1. The Morgan fingerprint density at radius 2 is 1.79 bits per heavy atom. The molecule has 3 rings (SSSR count). The molecule has 0 unspecified atom stereocenters. The smallest absolute Gasteiger partial charge is 0.407 e. The number of hydrogen-bond donors (Lipinski definition) is 4. The molecular formula is C25H31FN4O4. The molecule has 0 aliphatic rings. The van der Waals surface area contributed by atoms with Crippen LogP contribution in [0.3, 0.4) is 0 Å². The lowest BCUT2D eigenvalue weighted by Gasteiger charge is -2.19. The molecule has 8 nitrogen and oxygen atoms in total. The number of rotatable bonds is 9. The molecule has 9 heteroatoms. The zero-order valence-corrected chi connectivity index (χ0v) is 19.6. The van der Waals surface area contributed by atoms with Crippen molar-refractivity contribution in [3.63, 3.8) is 0 Å². The number of hydrogen-bond acceptors (Lipinski definition) is 5. The van der Waals surface area contributed by atoms with E-state index in [1.165, 1.54) is 12.1 Å². The van der Waals surface area contributed by atoms with Crippen molar-refractivity contribution in [1.82, 2.24) is 15.6 Å². The van der Waals surface area contributed by atoms with Crippen molar-refractivity contribution in [3.05, 3.63) is 60.0 Å². The molecule has 0 radical (unpaired) electrons. The summed E-state index contributed by atoms with van der Waals surface area (Å²) in [6, 6.07) is 13.1. The third-order valence-corrected chi connectivity index (χ3v) is 4.84. The first-order chi connectivity index (χ1) is 16.1. The predicted octanol–water partition coefficient (Wildman–Crippen LogP) is 3.57. The number of aromatic amines is 1. The van der Waals surface area contributed by atoms with Crippen LogP contribution in [-0.4, -0.2) is 54.9 Å². The zero-order valence-electron chi connectivity index (χ0n) is 19.6. The summed E-state index contributed by atoms with van der Waals surface area (Å²) in [6.45, 7) is 6.30. The first-order valence-corrected chi connectivity index (χ1v) is 11.1. The van der Waals surface area contributed by atoms with Crippen LogP contribution in [-0.2, 0) is 9.47 Å². The van der Waals surface area contributed by atoms with Crippen LogP contribution in [0, 0.1) is 5.82 Å². The number of benzene rings is 2. The van der Waals surface area contributed by atoms with Crippen molar-refractivity contribution < 1.29 is 23.5 Å². The minimum Gasteiger partial charge on any atom is -0.444 e. The third-order valence-electron chi connectivity index (χ3n) is 4.84. The van der Waals surface area contributed by atoms with Gasteiger partial charge in [0.15, 0.2) is 0 Å². The minimum absolute atomic E-state index is 0.191. The van der Waals surface area contributed by atoms with Crippen molar-refractivity contribution in [2.75, 3.05) is 26.3 Å². The number of carbonyl (C=O) groups is 2. The van der Waals surface area contributed by atoms with Gasteiger partial charge in [0.25, 0.3) is 5.91 Å². The second-order valence-electron chi connectivity index (χ2n) is 8.90. The van der Waals surface area contributed by atoms with Gasteiger partial charge >= 0.3 is 6.09 Å². The van der Waals surface area contributed by atoms with Crippen LogP contribution in [0.25, 0.3) is 22.0 Å². The quantitative estimate of drug-likeness (QED) is 0.357. The van der Waals surface area contributed by atoms with Crippen molar-refractivity contribution in [1.29, 1.82) is 0 Å². The van der Waals surface area contributed by atoms with Crippen LogP contribution >= 0.6 is 0 Å². The topological polar surface area (TPSA) is 118 Å². The summed E-state index contributed by atoms with van der Waals surface area (Å²) in [5, 5.41) is 6.29. The average molecular weight is 471 g/mol. The molecule has 0 spiro atoms. The molecule has 0 bridgehead atoms. The van der Waals surface area contributed by atoms with Crippen LogP contribution in [0.4, 0.5) is 9.18 Å². The molecule has 0 saturated carbocycles. The van der Waals surface area contributed by atoms with Crippen LogP contribution in [0.15, 0.2) is 48.5 Å². The molecule has 1 heterocycles. The number of amides is 2. The van der Waals surface area contributed by atoms with E-state index in [-0.39, 0.29) is 38.0 Å². The molecule has 0 saturated heterocycles. The highest BCUT2D eigenvalue weighted by molar-refractivity contribution is 6.09. The van der Waals surface area contributed by atoms with Gasteiger partial charge in [-0.25, -0.2) is 9.18 Å². The largest absolute Gasteiger partial charge is 0.444 e. The summed E-state index contributed by atoms with van der Waals surface area (Å²) >= 11 is 0. The number of H-pyrrole nitrogens is 1. The van der Waals surface area contributed by atoms with Crippen LogP contribution in [0.5, 0.6) is 0 Å². The first kappa shape index (κ1) is 25.2. The maximum absolute atomic E-state index is 13.4. The van der Waals surface area contributed by atoms with Crippen molar-refractivity contribution in [3.8, 4) is 11.1 Å². The number of fused-ring (bicyclic) bond motifs is 1. The van der Waals surface area contributed by atoms with Gasteiger partial charge in [-0.3, -0.25) is 4.79 Å². The minimum atomic E-state index is -0.562. The maximum Gasteiger partial charge on any atom is 0.407 e. The van der Waals surface area contributed by atoms with E-state index in [0.29, 0.717) is 11.3 Å². The number of para-hydroxylation sites is 1. The Labute approximate surface area is 198 Å². The molecule has 2 amide bonds. The van der Waals surface area contributed by atoms with E-state index >= 15 is 0 Å². The van der Waals surface area contributed by atoms with Crippen molar-refractivity contribution >= 4 is 22.9 Å². The lowest BCUT2D eigenvalue weighted by Crippen LogP contribution is -2.41. The SMILES string of the molecule is CC(C)(C)OC(=O)NCCOC[C@H](N)CNC(=O)c1[nH]c2ccccc2c1-c1ccc(F)cc1. The van der Waals surface area contributed by atoms with E-state index in [4.69, 9.17) is 15.2 Å². The fraction of sp³-hybridized carbons (Fsp3) is 0.360. The molecule has 3 aromatic rings. The van der Waals surface area contributed by atoms with E-state index in [1.807, 2.05) is 24.3 Å². The number of halogens is 1. The Bertz CT molecular complexity index is 1120. The molecule has 1 atom stereocenters. The van der Waals surface area contributed by atoms with Gasteiger partial charge in [-0.15, -0.1) is 0 Å². The second-order valence-corrected chi connectivity index (χ2v) is 8.90. The highest BCUT2D eigenvalue weighted by Crippen LogP contribution is 2.32. The van der Waals surface area contributed by atoms with E-state index in [9.17, 15) is 14.0 Å². The molecular weight excluding hydrogens is 439 g/mol. The van der Waals surface area contributed by atoms with Gasteiger partial charge in [0.2, 0.25) is 0 Å². The molecule has 0 fully saturated rings. The third kappa shape index (κ3) is 7.03. The normalized spacial score (nSPS) is 12.4. The van der Waals surface area contributed by atoms with Gasteiger partial charge in [0, 0.05) is 35.6 Å². The number of ether oxygens (including phenoxy) is 2. The van der Waals surface area contributed by atoms with Gasteiger partial charge in [-0.05, 0) is 44.5 Å². The lowest BCUT2D eigenvalue weighted by atomic mass is 10.0. The fourth-order valence-electron chi connectivity index (χ4n) is 3.37. The van der Waals surface area contributed by atoms with Crippen molar-refractivity contribution in [2.24, 2.45) is 5.73 Å². The highest BCUT2D eigenvalue weighted by Gasteiger charge is 2.20. The number of aromatic nitrogens is 1. The summed E-state index contributed by atoms with van der Waals surface area (Å²) in [5.41, 5.74) is 8.11. The Kier molecular flexibility index (Phi) is 8.25. The Hall–Kier alpha value is -3.43. The molecule has 5 N–H and O–H groups in total. The maximum atomic E-state index is 13.4. The standard InChI is InChI=1S/C25H31FN4O4/c1-25(2,3)34-24(32)28-12-13-33-15-18(27)14-29-23(31)22-21(16-8-10-17(26)11-9-16)19-6-4-5-7-20(19)30-22/h4-11,18,30H,12-15,27H2,1-3H3,(H,28,32)(H,29,31)/t18-/m1/s1. The van der Waals surface area contributed by atoms with Gasteiger partial charge in [0.05, 0.1) is 13.2 Å². The summed E-state index contributed by atoms with van der Waals surface area (Å²) in [7, 11) is 0. The molecule has 34 heavy (non-hydrogen) atoms. The van der Waals surface area contributed by atoms with E-state index in [2.05, 4.69) is 15.6 Å². The van der Waals surface area contributed by atoms with Gasteiger partial charge < -0.3 is 30.8 Å². The van der Waals surface area contributed by atoms with Crippen molar-refractivity contribution in [2.45, 2.75) is 32.4 Å². The molecule has 0 aliphatic heterocycles. The second kappa shape index (κ2) is 11.1. The summed E-state index contributed by atoms with van der Waals surface area (Å²) < 4.78 is 24.0. The fourth-order valence-corrected chi connectivity index (χ4v) is 3.37. The average Bonchev–Trinajstić information content (AvgIpc) is 3.16. The highest BCUT2D eigenvalue weighted by atomic mass is 19.1. The van der Waals surface area contributed by atoms with Gasteiger partial charge in [0.1, 0.15) is 17.1 Å². The summed E-state index contributed by atoms with van der Waals surface area (Å²) in [4.78, 5) is 27.7. The van der Waals surface area contributed by atoms with E-state index < -0.39 is 17.7 Å². The number of alkyl carbamates (subject to hydrolysis) is 1. The molecule has 1 aromatic heterocycles. The van der Waals surface area contributed by atoms with Gasteiger partial charge in [-0.1, -0.05) is 30.3 Å². The van der Waals surface area contributed by atoms with E-state index in [0.717, 1.165) is 16.5 Å². The summed E-state index contributed by atoms with van der Waals surface area (Å²) in [5.74, 6) is -0.667. The van der Waals surface area contributed by atoms with Crippen LogP contribution < -0.4 is 16.4 Å². The Morgan fingerprint density at radius 3 is 2.50 bits per heavy atom. The monoisotopic (exact) mass is 470 g/mol. The Balaban J connectivity index is 1.53. The lowest BCUT2D eigenvalue weighted by molar-refractivity contribution is 0.0494. The van der Waals surface area contributed by atoms with Gasteiger partial charge in [-0.2, -0.15) is 0 Å². The number of nitrogens with one attached hydrogen (secondary N) is 3. The Morgan fingerprint density at radius 1 is 1.09 bits per heavy atom. The van der Waals surface area contributed by atoms with Crippen LogP contribution in [0.1, 0.15) is 31.3 Å². The molecule has 2 aromatic carbocycles. The number of carbonyl (C=O) groups excluding carboxylic acids is 2. The van der Waals surface area contributed by atoms with Crippen LogP contribution in [0.2, 0.25) is 0 Å². The summed E-state index contributed by atoms with van der Waals surface area (Å²) in [6.07, 6.45) is -0.511. The first-order valence-electron chi connectivity index (χ1n) is 11.1. The molecule has 0 aliphatic carbocycles.